The third-order valence-electron chi connectivity index (χ3n) is 4.21. The summed E-state index contributed by atoms with van der Waals surface area (Å²) in [5.74, 6) is 1.92. The summed E-state index contributed by atoms with van der Waals surface area (Å²) in [6.07, 6.45) is 0. The zero-order valence-electron chi connectivity index (χ0n) is 16.8. The Hall–Kier alpha value is -2.68. The van der Waals surface area contributed by atoms with E-state index in [0.717, 1.165) is 24.3 Å². The number of halogens is 1. The molecule has 0 saturated heterocycles. The molecule has 156 valence electrons. The lowest BCUT2D eigenvalue weighted by molar-refractivity contribution is 0.199. The van der Waals surface area contributed by atoms with Crippen molar-refractivity contribution in [3.05, 3.63) is 59.4 Å². The van der Waals surface area contributed by atoms with Crippen molar-refractivity contribution in [3.8, 4) is 17.2 Å². The molecule has 0 saturated carbocycles. The van der Waals surface area contributed by atoms with Gasteiger partial charge in [-0.15, -0.1) is 17.5 Å². The summed E-state index contributed by atoms with van der Waals surface area (Å²) in [7, 11) is 3.31. The first-order valence-corrected chi connectivity index (χ1v) is 9.05. The van der Waals surface area contributed by atoms with Crippen LogP contribution in [0.15, 0.2) is 42.5 Å². The Morgan fingerprint density at radius 2 is 1.83 bits per heavy atom. The maximum absolute atomic E-state index is 5.93. The molecule has 0 unspecified atom stereocenters. The van der Waals surface area contributed by atoms with Gasteiger partial charge in [-0.3, -0.25) is 0 Å². The standard InChI is InChI=1S/C20H25N5O3.ClH/c1-15-4-7-17(8-5-15)25-20(22-23-24-25)14-28-18-9-6-16(12-19(18)27-3)13-21-10-11-26-2;/h4-9,12,21H,10-11,13-14H2,1-3H3;1H. The lowest BCUT2D eigenvalue weighted by Crippen LogP contribution is -2.18. The quantitative estimate of drug-likeness (QED) is 0.506. The van der Waals surface area contributed by atoms with Gasteiger partial charge in [-0.25, -0.2) is 0 Å². The second-order valence-electron chi connectivity index (χ2n) is 6.29. The van der Waals surface area contributed by atoms with Crippen molar-refractivity contribution < 1.29 is 14.2 Å². The fraction of sp³-hybridized carbons (Fsp3) is 0.350. The van der Waals surface area contributed by atoms with E-state index >= 15 is 0 Å². The second-order valence-corrected chi connectivity index (χ2v) is 6.29. The minimum Gasteiger partial charge on any atom is -0.493 e. The maximum atomic E-state index is 5.93. The Morgan fingerprint density at radius 3 is 2.55 bits per heavy atom. The number of nitrogens with one attached hydrogen (secondary N) is 1. The second kappa shape index (κ2) is 11.4. The van der Waals surface area contributed by atoms with E-state index in [1.165, 1.54) is 5.56 Å². The summed E-state index contributed by atoms with van der Waals surface area (Å²) in [6, 6.07) is 13.8. The average molecular weight is 420 g/mol. The summed E-state index contributed by atoms with van der Waals surface area (Å²) in [6.45, 7) is 4.46. The van der Waals surface area contributed by atoms with Crippen molar-refractivity contribution in [2.45, 2.75) is 20.1 Å². The predicted molar refractivity (Wildman–Crippen MR) is 112 cm³/mol. The fourth-order valence-corrected chi connectivity index (χ4v) is 2.67. The van der Waals surface area contributed by atoms with Gasteiger partial charge in [0.1, 0.15) is 0 Å². The van der Waals surface area contributed by atoms with E-state index in [1.54, 1.807) is 18.9 Å². The van der Waals surface area contributed by atoms with Crippen molar-refractivity contribution in [3.63, 3.8) is 0 Å². The summed E-state index contributed by atoms with van der Waals surface area (Å²) in [5, 5.41) is 15.2. The molecule has 8 nitrogen and oxygen atoms in total. The van der Waals surface area contributed by atoms with Gasteiger partial charge in [0, 0.05) is 20.2 Å². The first kappa shape index (κ1) is 22.6. The van der Waals surface area contributed by atoms with Crippen LogP contribution in [-0.2, 0) is 17.9 Å². The van der Waals surface area contributed by atoms with E-state index in [2.05, 4.69) is 20.8 Å². The summed E-state index contributed by atoms with van der Waals surface area (Å²) in [5.41, 5.74) is 3.17. The molecule has 0 radical (unpaired) electrons. The number of methoxy groups -OCH3 is 2. The molecule has 0 spiro atoms. The molecular weight excluding hydrogens is 394 g/mol. The maximum Gasteiger partial charge on any atom is 0.194 e. The largest absolute Gasteiger partial charge is 0.493 e. The number of nitrogens with zero attached hydrogens (tertiary/aromatic N) is 4. The molecule has 1 N–H and O–H groups in total. The highest BCUT2D eigenvalue weighted by molar-refractivity contribution is 5.85. The average Bonchev–Trinajstić information content (AvgIpc) is 3.19. The lowest BCUT2D eigenvalue weighted by Gasteiger charge is -2.12. The molecule has 0 aliphatic carbocycles. The Morgan fingerprint density at radius 1 is 1.03 bits per heavy atom. The van der Waals surface area contributed by atoms with E-state index in [-0.39, 0.29) is 19.0 Å². The summed E-state index contributed by atoms with van der Waals surface area (Å²) < 4.78 is 18.1. The SMILES string of the molecule is COCCNCc1ccc(OCc2nnnn2-c2ccc(C)cc2)c(OC)c1.Cl. The monoisotopic (exact) mass is 419 g/mol. The number of hydrogen-bond donors (Lipinski definition) is 1. The van der Waals surface area contributed by atoms with Crippen LogP contribution in [0.25, 0.3) is 5.69 Å². The van der Waals surface area contributed by atoms with E-state index in [9.17, 15) is 0 Å². The van der Waals surface area contributed by atoms with Crippen molar-refractivity contribution in [2.24, 2.45) is 0 Å². The van der Waals surface area contributed by atoms with Crippen LogP contribution in [0.2, 0.25) is 0 Å². The van der Waals surface area contributed by atoms with Gasteiger partial charge >= 0.3 is 0 Å². The lowest BCUT2D eigenvalue weighted by atomic mass is 10.2. The van der Waals surface area contributed by atoms with Crippen LogP contribution in [0.4, 0.5) is 0 Å². The molecular formula is C20H26ClN5O3. The molecule has 3 rings (SSSR count). The minimum atomic E-state index is 0. The number of tetrazole rings is 1. The Balaban J connectivity index is 0.00000300. The van der Waals surface area contributed by atoms with Crippen LogP contribution in [-0.4, -0.2) is 47.6 Å². The van der Waals surface area contributed by atoms with Gasteiger partial charge in [-0.1, -0.05) is 23.8 Å². The molecule has 0 amide bonds. The van der Waals surface area contributed by atoms with Crippen molar-refractivity contribution >= 4 is 12.4 Å². The smallest absolute Gasteiger partial charge is 0.194 e. The normalized spacial score (nSPS) is 10.4. The molecule has 2 aromatic carbocycles. The van der Waals surface area contributed by atoms with Gasteiger partial charge in [0.25, 0.3) is 0 Å². The number of ether oxygens (including phenoxy) is 3. The number of hydrogen-bond acceptors (Lipinski definition) is 7. The van der Waals surface area contributed by atoms with Crippen molar-refractivity contribution in [2.75, 3.05) is 27.4 Å². The number of aromatic nitrogens is 4. The predicted octanol–water partition coefficient (Wildman–Crippen LogP) is 2.72. The van der Waals surface area contributed by atoms with E-state index < -0.39 is 0 Å². The molecule has 0 aliphatic rings. The van der Waals surface area contributed by atoms with Crippen LogP contribution in [0.1, 0.15) is 17.0 Å². The zero-order chi connectivity index (χ0) is 19.8. The summed E-state index contributed by atoms with van der Waals surface area (Å²) in [4.78, 5) is 0. The molecule has 9 heteroatoms. The van der Waals surface area contributed by atoms with Gasteiger partial charge in [0.2, 0.25) is 0 Å². The topological polar surface area (TPSA) is 83.3 Å². The fourth-order valence-electron chi connectivity index (χ4n) is 2.67. The highest BCUT2D eigenvalue weighted by Crippen LogP contribution is 2.28. The molecule has 0 fully saturated rings. The molecule has 0 atom stereocenters. The van der Waals surface area contributed by atoms with Crippen molar-refractivity contribution in [1.29, 1.82) is 0 Å². The van der Waals surface area contributed by atoms with Crippen LogP contribution in [0, 0.1) is 6.92 Å². The van der Waals surface area contributed by atoms with Gasteiger partial charge in [-0.05, 0) is 47.2 Å². The first-order chi connectivity index (χ1) is 13.7. The van der Waals surface area contributed by atoms with Crippen molar-refractivity contribution in [1.82, 2.24) is 25.5 Å². The minimum absolute atomic E-state index is 0. The van der Waals surface area contributed by atoms with Crippen LogP contribution in [0.3, 0.4) is 0 Å². The Bertz CT molecular complexity index is 886. The van der Waals surface area contributed by atoms with Gasteiger partial charge in [0.05, 0.1) is 19.4 Å². The molecule has 29 heavy (non-hydrogen) atoms. The van der Waals surface area contributed by atoms with Gasteiger partial charge in [-0.2, -0.15) is 4.68 Å². The Kier molecular flexibility index (Phi) is 8.85. The molecule has 0 aliphatic heterocycles. The van der Waals surface area contributed by atoms with E-state index in [0.29, 0.717) is 23.9 Å². The van der Waals surface area contributed by atoms with Crippen LogP contribution >= 0.6 is 12.4 Å². The number of benzene rings is 2. The van der Waals surface area contributed by atoms with Crippen LogP contribution in [0.5, 0.6) is 11.5 Å². The first-order valence-electron chi connectivity index (χ1n) is 9.05. The molecule has 1 heterocycles. The van der Waals surface area contributed by atoms with E-state index in [4.69, 9.17) is 14.2 Å². The number of rotatable bonds is 10. The molecule has 0 bridgehead atoms. The molecule has 3 aromatic rings. The highest BCUT2D eigenvalue weighted by Gasteiger charge is 2.12. The number of aryl methyl sites for hydroxylation is 1. The van der Waals surface area contributed by atoms with Gasteiger partial charge < -0.3 is 19.5 Å². The zero-order valence-corrected chi connectivity index (χ0v) is 17.6. The van der Waals surface area contributed by atoms with E-state index in [1.807, 2.05) is 49.4 Å². The van der Waals surface area contributed by atoms with Gasteiger partial charge in [0.15, 0.2) is 23.9 Å². The third-order valence-corrected chi connectivity index (χ3v) is 4.21. The Labute approximate surface area is 176 Å². The highest BCUT2D eigenvalue weighted by atomic mass is 35.5. The van der Waals surface area contributed by atoms with Crippen LogP contribution < -0.4 is 14.8 Å². The third kappa shape index (κ3) is 6.15. The summed E-state index contributed by atoms with van der Waals surface area (Å²) >= 11 is 0. The molecule has 1 aromatic heterocycles.